The van der Waals surface area contributed by atoms with Crippen molar-refractivity contribution in [3.8, 4) is 0 Å². The predicted molar refractivity (Wildman–Crippen MR) is 94.4 cm³/mol. The maximum absolute atomic E-state index is 6.44. The Bertz CT molecular complexity index is 791. The Morgan fingerprint density at radius 1 is 0.875 bits per heavy atom. The van der Waals surface area contributed by atoms with Crippen LogP contribution in [0.1, 0.15) is 28.6 Å². The molecule has 24 heavy (non-hydrogen) atoms. The Labute approximate surface area is 141 Å². The van der Waals surface area contributed by atoms with Gasteiger partial charge >= 0.3 is 0 Å². The molecule has 0 N–H and O–H groups in total. The first-order chi connectivity index (χ1) is 11.9. The van der Waals surface area contributed by atoms with Crippen LogP contribution in [0.4, 0.5) is 0 Å². The molecule has 1 aromatic carbocycles. The highest BCUT2D eigenvalue weighted by molar-refractivity contribution is 5.53. The van der Waals surface area contributed by atoms with Crippen LogP contribution in [0.2, 0.25) is 0 Å². The largest absolute Gasteiger partial charge is 0.360 e. The van der Waals surface area contributed by atoms with E-state index in [-0.39, 0.29) is 12.2 Å². The third kappa shape index (κ3) is 3.12. The highest BCUT2D eigenvalue weighted by Crippen LogP contribution is 2.29. The van der Waals surface area contributed by atoms with Gasteiger partial charge in [-0.2, -0.15) is 0 Å². The van der Waals surface area contributed by atoms with Gasteiger partial charge in [0.15, 0.2) is 0 Å². The lowest BCUT2D eigenvalue weighted by Crippen LogP contribution is -2.21. The van der Waals surface area contributed by atoms with E-state index in [2.05, 4.69) is 34.2 Å². The Morgan fingerprint density at radius 3 is 2.54 bits per heavy atom. The second-order valence-corrected chi connectivity index (χ2v) is 5.83. The van der Waals surface area contributed by atoms with Crippen LogP contribution in [-0.4, -0.2) is 16.1 Å². The quantitative estimate of drug-likeness (QED) is 0.723. The van der Waals surface area contributed by atoms with Gasteiger partial charge < -0.3 is 4.74 Å². The van der Waals surface area contributed by atoms with E-state index in [9.17, 15) is 0 Å². The zero-order chi connectivity index (χ0) is 16.2. The van der Waals surface area contributed by atoms with Crippen LogP contribution in [0, 0.1) is 0 Å². The average molecular weight is 314 g/mol. The minimum atomic E-state index is -0.180. The molecule has 0 aliphatic heterocycles. The number of fused-ring (bicyclic) bond motifs is 1. The van der Waals surface area contributed by atoms with Crippen molar-refractivity contribution < 1.29 is 4.74 Å². The minimum Gasteiger partial charge on any atom is -0.360 e. The van der Waals surface area contributed by atoms with Gasteiger partial charge in [0.05, 0.1) is 17.5 Å². The molecule has 1 aliphatic rings. The molecule has 2 atom stereocenters. The Morgan fingerprint density at radius 2 is 1.71 bits per heavy atom. The first kappa shape index (κ1) is 14.8. The standard InChI is InChI=1S/C21H18N2O/c1-2-7-16(8-3-1)21(20-10-4-5-13-23-20)24-18-11-12-19-17(15-18)9-6-14-22-19/h1-14,18,21H,15H2. The van der Waals surface area contributed by atoms with Crippen LogP contribution in [0.5, 0.6) is 0 Å². The molecule has 118 valence electrons. The summed E-state index contributed by atoms with van der Waals surface area (Å²) < 4.78 is 6.44. The van der Waals surface area contributed by atoms with E-state index in [1.54, 1.807) is 0 Å². The molecule has 3 aromatic rings. The highest BCUT2D eigenvalue weighted by Gasteiger charge is 2.22. The molecule has 2 unspecified atom stereocenters. The molecular weight excluding hydrogens is 296 g/mol. The molecule has 0 radical (unpaired) electrons. The molecule has 3 nitrogen and oxygen atoms in total. The van der Waals surface area contributed by atoms with Crippen molar-refractivity contribution in [3.63, 3.8) is 0 Å². The second kappa shape index (κ2) is 6.77. The molecule has 0 fully saturated rings. The van der Waals surface area contributed by atoms with Gasteiger partial charge in [0.1, 0.15) is 6.10 Å². The molecular formula is C21H18N2O. The Balaban J connectivity index is 1.62. The van der Waals surface area contributed by atoms with E-state index in [0.717, 1.165) is 23.4 Å². The number of hydrogen-bond donors (Lipinski definition) is 0. The van der Waals surface area contributed by atoms with Gasteiger partial charge in [-0.25, -0.2) is 0 Å². The van der Waals surface area contributed by atoms with Crippen molar-refractivity contribution >= 4 is 6.08 Å². The molecule has 2 heterocycles. The van der Waals surface area contributed by atoms with Crippen molar-refractivity contribution in [3.05, 3.63) is 102 Å². The van der Waals surface area contributed by atoms with Crippen molar-refractivity contribution in [2.24, 2.45) is 0 Å². The Hall–Kier alpha value is -2.78. The molecule has 4 rings (SSSR count). The van der Waals surface area contributed by atoms with Crippen molar-refractivity contribution in [1.82, 2.24) is 9.97 Å². The third-order valence-corrected chi connectivity index (χ3v) is 4.19. The fourth-order valence-corrected chi connectivity index (χ4v) is 3.00. The molecule has 0 amide bonds. The first-order valence-electron chi connectivity index (χ1n) is 8.13. The second-order valence-electron chi connectivity index (χ2n) is 5.83. The van der Waals surface area contributed by atoms with E-state index >= 15 is 0 Å². The topological polar surface area (TPSA) is 35.0 Å². The summed E-state index contributed by atoms with van der Waals surface area (Å²) in [5.41, 5.74) is 4.29. The molecule has 3 heteroatoms. The van der Waals surface area contributed by atoms with E-state index in [4.69, 9.17) is 4.74 Å². The zero-order valence-corrected chi connectivity index (χ0v) is 13.2. The number of benzene rings is 1. The predicted octanol–water partition coefficient (Wildman–Crippen LogP) is 4.22. The van der Waals surface area contributed by atoms with Crippen LogP contribution in [-0.2, 0) is 11.2 Å². The van der Waals surface area contributed by atoms with E-state index in [0.29, 0.717) is 0 Å². The molecule has 2 aromatic heterocycles. The van der Waals surface area contributed by atoms with E-state index in [1.165, 1.54) is 5.56 Å². The first-order valence-corrected chi connectivity index (χ1v) is 8.13. The Kier molecular flexibility index (Phi) is 4.17. The molecule has 1 aliphatic carbocycles. The zero-order valence-electron chi connectivity index (χ0n) is 13.2. The average Bonchev–Trinajstić information content (AvgIpc) is 2.67. The van der Waals surface area contributed by atoms with Crippen LogP contribution < -0.4 is 0 Å². The van der Waals surface area contributed by atoms with Gasteiger partial charge in [0.2, 0.25) is 0 Å². The lowest BCUT2D eigenvalue weighted by molar-refractivity contribution is 0.0338. The summed E-state index contributed by atoms with van der Waals surface area (Å²) in [6.45, 7) is 0. The van der Waals surface area contributed by atoms with Crippen molar-refractivity contribution in [2.75, 3.05) is 0 Å². The molecule has 0 bridgehead atoms. The van der Waals surface area contributed by atoms with Gasteiger partial charge in [0, 0.05) is 18.8 Å². The van der Waals surface area contributed by atoms with Gasteiger partial charge in [-0.05, 0) is 35.4 Å². The van der Waals surface area contributed by atoms with Crippen molar-refractivity contribution in [1.29, 1.82) is 0 Å². The minimum absolute atomic E-state index is 0.00825. The smallest absolute Gasteiger partial charge is 0.125 e. The summed E-state index contributed by atoms with van der Waals surface area (Å²) >= 11 is 0. The lowest BCUT2D eigenvalue weighted by atomic mass is 9.99. The molecule has 0 saturated carbocycles. The van der Waals surface area contributed by atoms with Gasteiger partial charge in [-0.3, -0.25) is 9.97 Å². The number of rotatable bonds is 4. The summed E-state index contributed by atoms with van der Waals surface area (Å²) in [7, 11) is 0. The summed E-state index contributed by atoms with van der Waals surface area (Å²) in [5.74, 6) is 0. The number of ether oxygens (including phenoxy) is 1. The number of pyridine rings is 2. The molecule has 0 spiro atoms. The van der Waals surface area contributed by atoms with E-state index < -0.39 is 0 Å². The number of nitrogens with zero attached hydrogens (tertiary/aromatic N) is 2. The maximum Gasteiger partial charge on any atom is 0.125 e. The van der Waals surface area contributed by atoms with Crippen LogP contribution >= 0.6 is 0 Å². The SMILES string of the molecule is C1=CC(OC(c2ccccc2)c2ccccn2)Cc2cccnc21. The van der Waals surface area contributed by atoms with Gasteiger partial charge in [-0.15, -0.1) is 0 Å². The fraction of sp³-hybridized carbons (Fsp3) is 0.143. The van der Waals surface area contributed by atoms with Crippen LogP contribution in [0.25, 0.3) is 6.08 Å². The number of hydrogen-bond acceptors (Lipinski definition) is 3. The van der Waals surface area contributed by atoms with Crippen LogP contribution in [0.15, 0.2) is 79.1 Å². The summed E-state index contributed by atoms with van der Waals surface area (Å²) in [4.78, 5) is 8.90. The normalized spacial score (nSPS) is 17.2. The summed E-state index contributed by atoms with van der Waals surface area (Å²) in [5, 5.41) is 0. The van der Waals surface area contributed by atoms with Gasteiger partial charge in [-0.1, -0.05) is 48.5 Å². The monoisotopic (exact) mass is 314 g/mol. The van der Waals surface area contributed by atoms with Crippen molar-refractivity contribution in [2.45, 2.75) is 18.6 Å². The fourth-order valence-electron chi connectivity index (χ4n) is 3.00. The number of aromatic nitrogens is 2. The summed E-state index contributed by atoms with van der Waals surface area (Å²) in [6, 6.07) is 20.3. The lowest BCUT2D eigenvalue weighted by Gasteiger charge is -2.25. The van der Waals surface area contributed by atoms with Crippen LogP contribution in [0.3, 0.4) is 0 Å². The third-order valence-electron chi connectivity index (χ3n) is 4.19. The molecule has 0 saturated heterocycles. The maximum atomic E-state index is 6.44. The van der Waals surface area contributed by atoms with E-state index in [1.807, 2.05) is 60.9 Å². The summed E-state index contributed by atoms with van der Waals surface area (Å²) in [6.07, 6.45) is 8.43. The highest BCUT2D eigenvalue weighted by atomic mass is 16.5. The van der Waals surface area contributed by atoms with Gasteiger partial charge in [0.25, 0.3) is 0 Å².